The second-order valence-electron chi connectivity index (χ2n) is 2.23. The van der Waals surface area contributed by atoms with E-state index in [0.717, 1.165) is 6.29 Å². The summed E-state index contributed by atoms with van der Waals surface area (Å²) in [5, 5.41) is 0.542. The van der Waals surface area contributed by atoms with Crippen molar-refractivity contribution in [3.8, 4) is 5.75 Å². The van der Waals surface area contributed by atoms with Crippen LogP contribution in [-0.2, 0) is 0 Å². The van der Waals surface area contributed by atoms with E-state index in [4.69, 9.17) is 16.3 Å². The molecule has 0 aliphatic heterocycles. The Kier molecular flexibility index (Phi) is 3.11. The molecule has 0 fully saturated rings. The van der Waals surface area contributed by atoms with Crippen LogP contribution in [0.5, 0.6) is 5.75 Å². The van der Waals surface area contributed by atoms with Crippen LogP contribution in [0.3, 0.4) is 0 Å². The minimum atomic E-state index is 0.490. The maximum atomic E-state index is 10.5. The zero-order chi connectivity index (χ0) is 8.97. The quantitative estimate of drug-likeness (QED) is 0.675. The summed E-state index contributed by atoms with van der Waals surface area (Å²) in [4.78, 5) is 10.5. The molecule has 1 rings (SSSR count). The summed E-state index contributed by atoms with van der Waals surface area (Å²) >= 11 is 5.68. The molecule has 12 heavy (non-hydrogen) atoms. The molecule has 0 spiro atoms. The van der Waals surface area contributed by atoms with E-state index in [-0.39, 0.29) is 0 Å². The van der Waals surface area contributed by atoms with Crippen LogP contribution in [0, 0.1) is 0 Å². The Labute approximate surface area is 76.1 Å². The molecule has 0 radical (unpaired) electrons. The van der Waals surface area contributed by atoms with E-state index < -0.39 is 0 Å². The van der Waals surface area contributed by atoms with Crippen molar-refractivity contribution in [2.24, 2.45) is 0 Å². The number of ether oxygens (including phenoxy) is 1. The third-order valence-corrected chi connectivity index (χ3v) is 1.63. The fourth-order valence-electron chi connectivity index (χ4n) is 0.898. The van der Waals surface area contributed by atoms with Crippen molar-refractivity contribution in [3.63, 3.8) is 0 Å². The van der Waals surface area contributed by atoms with Gasteiger partial charge in [0, 0.05) is 5.02 Å². The molecule has 0 aliphatic carbocycles. The van der Waals surface area contributed by atoms with E-state index in [2.05, 4.69) is 0 Å². The van der Waals surface area contributed by atoms with Gasteiger partial charge in [0.05, 0.1) is 12.2 Å². The number of hydrogen-bond acceptors (Lipinski definition) is 2. The van der Waals surface area contributed by atoms with Gasteiger partial charge in [-0.15, -0.1) is 0 Å². The summed E-state index contributed by atoms with van der Waals surface area (Å²) in [6.45, 7) is 2.41. The highest BCUT2D eigenvalue weighted by molar-refractivity contribution is 6.30. The van der Waals surface area contributed by atoms with E-state index >= 15 is 0 Å². The van der Waals surface area contributed by atoms with E-state index in [1.807, 2.05) is 6.92 Å². The van der Waals surface area contributed by atoms with Gasteiger partial charge in [-0.25, -0.2) is 0 Å². The molecule has 1 aromatic rings. The Bertz CT molecular complexity index is 284. The lowest BCUT2D eigenvalue weighted by atomic mass is 10.2. The number of carbonyl (C=O) groups is 1. The van der Waals surface area contributed by atoms with Crippen molar-refractivity contribution in [2.75, 3.05) is 6.61 Å². The molecule has 0 unspecified atom stereocenters. The monoisotopic (exact) mass is 184 g/mol. The Morgan fingerprint density at radius 1 is 1.58 bits per heavy atom. The van der Waals surface area contributed by atoms with Crippen molar-refractivity contribution in [3.05, 3.63) is 28.8 Å². The first-order valence-electron chi connectivity index (χ1n) is 3.65. The minimum Gasteiger partial charge on any atom is -0.493 e. The zero-order valence-corrected chi connectivity index (χ0v) is 7.47. The smallest absolute Gasteiger partial charge is 0.153 e. The largest absolute Gasteiger partial charge is 0.493 e. The van der Waals surface area contributed by atoms with Crippen molar-refractivity contribution < 1.29 is 9.53 Å². The number of halogens is 1. The van der Waals surface area contributed by atoms with Gasteiger partial charge in [0.2, 0.25) is 0 Å². The van der Waals surface area contributed by atoms with Gasteiger partial charge in [0.1, 0.15) is 5.75 Å². The van der Waals surface area contributed by atoms with Gasteiger partial charge in [0.15, 0.2) is 6.29 Å². The van der Waals surface area contributed by atoms with E-state index in [1.54, 1.807) is 18.2 Å². The van der Waals surface area contributed by atoms with Gasteiger partial charge in [-0.1, -0.05) is 11.6 Å². The summed E-state index contributed by atoms with van der Waals surface area (Å²) in [6, 6.07) is 4.97. The van der Waals surface area contributed by atoms with E-state index in [0.29, 0.717) is 22.9 Å². The molecule has 0 saturated heterocycles. The van der Waals surface area contributed by atoms with Crippen molar-refractivity contribution in [2.45, 2.75) is 6.92 Å². The van der Waals surface area contributed by atoms with Crippen LogP contribution < -0.4 is 4.74 Å². The van der Waals surface area contributed by atoms with Crippen LogP contribution in [0.2, 0.25) is 5.02 Å². The molecule has 0 heterocycles. The SMILES string of the molecule is CCOc1ccc(Cl)cc1C=O. The molecule has 0 aromatic heterocycles. The molecule has 0 saturated carbocycles. The predicted molar refractivity (Wildman–Crippen MR) is 48.0 cm³/mol. The Morgan fingerprint density at radius 3 is 2.92 bits per heavy atom. The highest BCUT2D eigenvalue weighted by atomic mass is 35.5. The van der Waals surface area contributed by atoms with Crippen molar-refractivity contribution >= 4 is 17.9 Å². The zero-order valence-electron chi connectivity index (χ0n) is 6.71. The lowest BCUT2D eigenvalue weighted by molar-refractivity contribution is 0.112. The number of benzene rings is 1. The van der Waals surface area contributed by atoms with Crippen molar-refractivity contribution in [1.82, 2.24) is 0 Å². The first-order chi connectivity index (χ1) is 5.77. The van der Waals surface area contributed by atoms with E-state index in [9.17, 15) is 4.79 Å². The summed E-state index contributed by atoms with van der Waals surface area (Å²) in [7, 11) is 0. The molecule has 0 aliphatic rings. The van der Waals surface area contributed by atoms with Gasteiger partial charge in [-0.05, 0) is 25.1 Å². The molecular weight excluding hydrogens is 176 g/mol. The Hall–Kier alpha value is -1.02. The molecule has 2 nitrogen and oxygen atoms in total. The summed E-state index contributed by atoms with van der Waals surface area (Å²) < 4.78 is 5.19. The maximum Gasteiger partial charge on any atom is 0.153 e. The van der Waals surface area contributed by atoms with Gasteiger partial charge in [0.25, 0.3) is 0 Å². The minimum absolute atomic E-state index is 0.490. The topological polar surface area (TPSA) is 26.3 Å². The molecule has 0 amide bonds. The highest BCUT2D eigenvalue weighted by Crippen LogP contribution is 2.20. The van der Waals surface area contributed by atoms with Crippen LogP contribution in [-0.4, -0.2) is 12.9 Å². The predicted octanol–water partition coefficient (Wildman–Crippen LogP) is 2.55. The normalized spacial score (nSPS) is 9.50. The van der Waals surface area contributed by atoms with Crippen LogP contribution in [0.1, 0.15) is 17.3 Å². The third kappa shape index (κ3) is 1.98. The van der Waals surface area contributed by atoms with Crippen LogP contribution >= 0.6 is 11.6 Å². The maximum absolute atomic E-state index is 10.5. The fourth-order valence-corrected chi connectivity index (χ4v) is 1.08. The standard InChI is InChI=1S/C9H9ClO2/c1-2-12-9-4-3-8(10)5-7(9)6-11/h3-6H,2H2,1H3. The molecule has 0 N–H and O–H groups in total. The fraction of sp³-hybridized carbons (Fsp3) is 0.222. The van der Waals surface area contributed by atoms with Crippen LogP contribution in [0.25, 0.3) is 0 Å². The first-order valence-corrected chi connectivity index (χ1v) is 4.03. The lowest BCUT2D eigenvalue weighted by Crippen LogP contribution is -1.95. The van der Waals surface area contributed by atoms with Gasteiger partial charge in [-0.3, -0.25) is 4.79 Å². The number of aldehydes is 1. The first kappa shape index (κ1) is 9.07. The van der Waals surface area contributed by atoms with Crippen LogP contribution in [0.15, 0.2) is 18.2 Å². The molecule has 3 heteroatoms. The molecule has 0 atom stereocenters. The van der Waals surface area contributed by atoms with Crippen molar-refractivity contribution in [1.29, 1.82) is 0 Å². The van der Waals surface area contributed by atoms with Gasteiger partial charge < -0.3 is 4.74 Å². The number of rotatable bonds is 3. The van der Waals surface area contributed by atoms with E-state index in [1.165, 1.54) is 0 Å². The molecule has 0 bridgehead atoms. The Morgan fingerprint density at radius 2 is 2.33 bits per heavy atom. The lowest BCUT2D eigenvalue weighted by Gasteiger charge is -2.04. The average Bonchev–Trinajstić information content (AvgIpc) is 2.08. The summed E-state index contributed by atoms with van der Waals surface area (Å²) in [6.07, 6.45) is 0.733. The van der Waals surface area contributed by atoms with Gasteiger partial charge in [-0.2, -0.15) is 0 Å². The molecular formula is C9H9ClO2. The van der Waals surface area contributed by atoms with Gasteiger partial charge >= 0.3 is 0 Å². The second kappa shape index (κ2) is 4.12. The number of carbonyl (C=O) groups excluding carboxylic acids is 1. The second-order valence-corrected chi connectivity index (χ2v) is 2.67. The Balaban J connectivity index is 3.02. The average molecular weight is 185 g/mol. The third-order valence-electron chi connectivity index (χ3n) is 1.40. The molecule has 1 aromatic carbocycles. The number of hydrogen-bond donors (Lipinski definition) is 0. The highest BCUT2D eigenvalue weighted by Gasteiger charge is 2.01. The summed E-state index contributed by atoms with van der Waals surface area (Å²) in [5.74, 6) is 0.580. The molecule has 64 valence electrons. The summed E-state index contributed by atoms with van der Waals surface area (Å²) in [5.41, 5.74) is 0.490. The van der Waals surface area contributed by atoms with Crippen LogP contribution in [0.4, 0.5) is 0 Å².